The van der Waals surface area contributed by atoms with Crippen LogP contribution in [0.25, 0.3) is 11.0 Å². The number of likely N-dealkylation sites (tertiary alicyclic amines) is 1. The fourth-order valence-corrected chi connectivity index (χ4v) is 3.11. The average molecular weight is 302 g/mol. The first kappa shape index (κ1) is 14.7. The van der Waals surface area contributed by atoms with Gasteiger partial charge in [0.1, 0.15) is 0 Å². The van der Waals surface area contributed by atoms with Gasteiger partial charge < -0.3 is 15.2 Å². The number of piperidine rings is 1. The van der Waals surface area contributed by atoms with Gasteiger partial charge in [-0.3, -0.25) is 4.57 Å². The Morgan fingerprint density at radius 1 is 1.32 bits per heavy atom. The van der Waals surface area contributed by atoms with Crippen molar-refractivity contribution in [2.24, 2.45) is 0 Å². The number of carbonyl (C=O) groups excluding carboxylic acids is 1. The quantitative estimate of drug-likeness (QED) is 0.911. The number of urea groups is 1. The molecule has 6 nitrogen and oxygen atoms in total. The van der Waals surface area contributed by atoms with Crippen molar-refractivity contribution >= 4 is 17.1 Å². The van der Waals surface area contributed by atoms with Gasteiger partial charge in [0.2, 0.25) is 0 Å². The van der Waals surface area contributed by atoms with Crippen molar-refractivity contribution in [2.45, 2.75) is 32.2 Å². The van der Waals surface area contributed by atoms with Crippen molar-refractivity contribution < 1.29 is 4.79 Å². The number of para-hydroxylation sites is 2. The molecular weight excluding hydrogens is 280 g/mol. The average Bonchev–Trinajstić information content (AvgIpc) is 2.88. The van der Waals surface area contributed by atoms with Crippen molar-refractivity contribution in [1.29, 1.82) is 0 Å². The highest BCUT2D eigenvalue weighted by Gasteiger charge is 2.25. The molecule has 0 unspecified atom stereocenters. The maximum absolute atomic E-state index is 12.2. The number of nitrogens with zero attached hydrogens (tertiary/aromatic N) is 2. The number of benzene rings is 1. The molecule has 0 spiro atoms. The third-order valence-corrected chi connectivity index (χ3v) is 4.27. The largest absolute Gasteiger partial charge is 0.338 e. The molecule has 22 heavy (non-hydrogen) atoms. The third kappa shape index (κ3) is 2.73. The zero-order valence-electron chi connectivity index (χ0n) is 12.8. The molecule has 0 saturated carbocycles. The summed E-state index contributed by atoms with van der Waals surface area (Å²) in [7, 11) is 0. The molecule has 0 bridgehead atoms. The summed E-state index contributed by atoms with van der Waals surface area (Å²) in [4.78, 5) is 28.9. The highest BCUT2D eigenvalue weighted by molar-refractivity contribution is 5.75. The highest BCUT2D eigenvalue weighted by Crippen LogP contribution is 2.24. The van der Waals surface area contributed by atoms with Crippen LogP contribution in [0.4, 0.5) is 4.79 Å². The molecule has 0 aliphatic carbocycles. The van der Waals surface area contributed by atoms with Gasteiger partial charge in [-0.25, -0.2) is 9.59 Å². The van der Waals surface area contributed by atoms with E-state index in [2.05, 4.69) is 10.3 Å². The van der Waals surface area contributed by atoms with Gasteiger partial charge in [0.25, 0.3) is 0 Å². The fraction of sp³-hybridized carbons (Fsp3) is 0.500. The summed E-state index contributed by atoms with van der Waals surface area (Å²) in [5.41, 5.74) is 1.76. The normalized spacial score (nSPS) is 16.1. The van der Waals surface area contributed by atoms with E-state index in [-0.39, 0.29) is 17.8 Å². The van der Waals surface area contributed by atoms with E-state index in [0.29, 0.717) is 19.6 Å². The summed E-state index contributed by atoms with van der Waals surface area (Å²) in [6.45, 7) is 4.12. The van der Waals surface area contributed by atoms with Crippen LogP contribution in [-0.2, 0) is 0 Å². The summed E-state index contributed by atoms with van der Waals surface area (Å²) in [6, 6.07) is 7.90. The van der Waals surface area contributed by atoms with Crippen LogP contribution >= 0.6 is 0 Å². The number of aromatic nitrogens is 2. The van der Waals surface area contributed by atoms with Crippen molar-refractivity contribution in [2.75, 3.05) is 19.6 Å². The van der Waals surface area contributed by atoms with Gasteiger partial charge in [-0.15, -0.1) is 0 Å². The molecule has 2 amide bonds. The molecule has 6 heteroatoms. The molecule has 2 aromatic rings. The third-order valence-electron chi connectivity index (χ3n) is 4.27. The first-order chi connectivity index (χ1) is 10.7. The van der Waals surface area contributed by atoms with Crippen molar-refractivity contribution in [3.05, 3.63) is 34.7 Å². The minimum atomic E-state index is -0.0601. The molecule has 0 radical (unpaired) electrons. The Hall–Kier alpha value is -2.24. The first-order valence-corrected chi connectivity index (χ1v) is 7.92. The lowest BCUT2D eigenvalue weighted by molar-refractivity contribution is 0.172. The van der Waals surface area contributed by atoms with Gasteiger partial charge in [-0.2, -0.15) is 0 Å². The Balaban J connectivity index is 1.72. The monoisotopic (exact) mass is 302 g/mol. The SMILES string of the molecule is CCCNC(=O)N1CCC(n2c(=O)[nH]c3ccccc32)CC1. The van der Waals surface area contributed by atoms with E-state index in [9.17, 15) is 9.59 Å². The Morgan fingerprint density at radius 3 is 2.77 bits per heavy atom. The molecule has 1 saturated heterocycles. The fourth-order valence-electron chi connectivity index (χ4n) is 3.11. The minimum absolute atomic E-state index is 0.00609. The Bertz CT molecular complexity index is 710. The van der Waals surface area contributed by atoms with Gasteiger partial charge >= 0.3 is 11.7 Å². The molecule has 0 atom stereocenters. The number of nitrogens with one attached hydrogen (secondary N) is 2. The zero-order valence-corrected chi connectivity index (χ0v) is 12.8. The lowest BCUT2D eigenvalue weighted by Crippen LogP contribution is -2.45. The topological polar surface area (TPSA) is 70.1 Å². The number of rotatable bonds is 3. The second-order valence-electron chi connectivity index (χ2n) is 5.77. The number of fused-ring (bicyclic) bond motifs is 1. The van der Waals surface area contributed by atoms with Crippen molar-refractivity contribution in [3.63, 3.8) is 0 Å². The first-order valence-electron chi connectivity index (χ1n) is 7.92. The summed E-state index contributed by atoms with van der Waals surface area (Å²) in [6.07, 6.45) is 2.55. The van der Waals surface area contributed by atoms with Crippen LogP contribution in [0.3, 0.4) is 0 Å². The lowest BCUT2D eigenvalue weighted by Gasteiger charge is -2.32. The van der Waals surface area contributed by atoms with Gasteiger partial charge in [0, 0.05) is 25.7 Å². The smallest absolute Gasteiger partial charge is 0.326 e. The van der Waals surface area contributed by atoms with E-state index in [1.807, 2.05) is 40.7 Å². The Kier molecular flexibility index (Phi) is 4.18. The molecule has 1 fully saturated rings. The molecule has 1 aromatic carbocycles. The highest BCUT2D eigenvalue weighted by atomic mass is 16.2. The summed E-state index contributed by atoms with van der Waals surface area (Å²) in [5.74, 6) is 0. The second-order valence-corrected chi connectivity index (χ2v) is 5.77. The van der Waals surface area contributed by atoms with Crippen LogP contribution in [-0.4, -0.2) is 40.1 Å². The zero-order chi connectivity index (χ0) is 15.5. The molecule has 1 aliphatic heterocycles. The Labute approximate surface area is 129 Å². The van der Waals surface area contributed by atoms with Gasteiger partial charge in [-0.05, 0) is 31.4 Å². The number of hydrogen-bond acceptors (Lipinski definition) is 2. The lowest BCUT2D eigenvalue weighted by atomic mass is 10.0. The van der Waals surface area contributed by atoms with Crippen LogP contribution in [0.15, 0.2) is 29.1 Å². The number of hydrogen-bond donors (Lipinski definition) is 2. The van der Waals surface area contributed by atoms with Crippen LogP contribution in [0, 0.1) is 0 Å². The molecule has 3 rings (SSSR count). The van der Waals surface area contributed by atoms with Crippen LogP contribution in [0.2, 0.25) is 0 Å². The van der Waals surface area contributed by atoms with Crippen LogP contribution in [0.1, 0.15) is 32.2 Å². The van der Waals surface area contributed by atoms with Crippen LogP contribution < -0.4 is 11.0 Å². The molecular formula is C16H22N4O2. The van der Waals surface area contributed by atoms with E-state index in [1.165, 1.54) is 0 Å². The summed E-state index contributed by atoms with van der Waals surface area (Å²) in [5, 5.41) is 2.90. The van der Waals surface area contributed by atoms with Crippen molar-refractivity contribution in [1.82, 2.24) is 19.8 Å². The molecule has 2 heterocycles. The number of carbonyl (C=O) groups is 1. The maximum atomic E-state index is 12.2. The van der Waals surface area contributed by atoms with E-state index in [0.717, 1.165) is 30.3 Å². The molecule has 2 N–H and O–H groups in total. The van der Waals surface area contributed by atoms with Gasteiger partial charge in [0.15, 0.2) is 0 Å². The number of imidazole rings is 1. The van der Waals surface area contributed by atoms with E-state index in [4.69, 9.17) is 0 Å². The Morgan fingerprint density at radius 2 is 2.05 bits per heavy atom. The molecule has 1 aliphatic rings. The number of H-pyrrole nitrogens is 1. The van der Waals surface area contributed by atoms with Gasteiger partial charge in [-0.1, -0.05) is 19.1 Å². The van der Waals surface area contributed by atoms with E-state index in [1.54, 1.807) is 0 Å². The molecule has 118 valence electrons. The minimum Gasteiger partial charge on any atom is -0.338 e. The predicted octanol–water partition coefficient (Wildman–Crippen LogP) is 2.09. The van der Waals surface area contributed by atoms with Gasteiger partial charge in [0.05, 0.1) is 11.0 Å². The van der Waals surface area contributed by atoms with E-state index >= 15 is 0 Å². The number of aromatic amines is 1. The number of amides is 2. The van der Waals surface area contributed by atoms with Crippen LogP contribution in [0.5, 0.6) is 0 Å². The second kappa shape index (κ2) is 6.25. The standard InChI is InChI=1S/C16H22N4O2/c1-2-9-17-15(21)19-10-7-12(8-11-19)20-14-6-4-3-5-13(14)18-16(20)22/h3-6,12H,2,7-11H2,1H3,(H,17,21)(H,18,22). The summed E-state index contributed by atoms with van der Waals surface area (Å²) < 4.78 is 1.84. The molecule has 1 aromatic heterocycles. The summed E-state index contributed by atoms with van der Waals surface area (Å²) >= 11 is 0. The predicted molar refractivity (Wildman–Crippen MR) is 86.1 cm³/mol. The van der Waals surface area contributed by atoms with E-state index < -0.39 is 0 Å². The van der Waals surface area contributed by atoms with Crippen molar-refractivity contribution in [3.8, 4) is 0 Å². The maximum Gasteiger partial charge on any atom is 0.326 e.